The van der Waals surface area contributed by atoms with Crippen molar-refractivity contribution in [1.29, 1.82) is 0 Å². The maximum absolute atomic E-state index is 5.73. The van der Waals surface area contributed by atoms with Crippen LogP contribution in [0.3, 0.4) is 0 Å². The van der Waals surface area contributed by atoms with Gasteiger partial charge in [-0.1, -0.05) is 19.0 Å². The molecule has 1 aromatic heterocycles. The Morgan fingerprint density at radius 1 is 1.39 bits per heavy atom. The summed E-state index contributed by atoms with van der Waals surface area (Å²) < 4.78 is 5.37. The van der Waals surface area contributed by atoms with Crippen LogP contribution in [0.15, 0.2) is 4.52 Å². The first kappa shape index (κ1) is 14.2. The van der Waals surface area contributed by atoms with Crippen molar-refractivity contribution in [3.05, 3.63) is 11.7 Å². The Balaban J connectivity index is 2.11. The molecular formula is C12H21N3OS2. The van der Waals surface area contributed by atoms with E-state index in [1.165, 1.54) is 0 Å². The van der Waals surface area contributed by atoms with E-state index >= 15 is 0 Å². The lowest BCUT2D eigenvalue weighted by atomic mass is 9.94. The minimum atomic E-state index is -0.239. The molecule has 0 radical (unpaired) electrons. The molecule has 1 fully saturated rings. The van der Waals surface area contributed by atoms with Gasteiger partial charge in [-0.15, -0.1) is 11.8 Å². The first-order chi connectivity index (χ1) is 8.44. The highest BCUT2D eigenvalue weighted by Gasteiger charge is 2.32. The summed E-state index contributed by atoms with van der Waals surface area (Å²) in [6, 6.07) is 0. The molecule has 0 spiro atoms. The van der Waals surface area contributed by atoms with Gasteiger partial charge in [-0.05, 0) is 13.8 Å². The average molecular weight is 287 g/mol. The summed E-state index contributed by atoms with van der Waals surface area (Å²) in [6.07, 6.45) is 0. The van der Waals surface area contributed by atoms with E-state index in [2.05, 4.69) is 24.0 Å². The van der Waals surface area contributed by atoms with Gasteiger partial charge in [0.2, 0.25) is 5.89 Å². The van der Waals surface area contributed by atoms with Gasteiger partial charge in [-0.3, -0.25) is 0 Å². The third kappa shape index (κ3) is 2.86. The lowest BCUT2D eigenvalue weighted by molar-refractivity contribution is 0.309. The molecule has 2 heterocycles. The fourth-order valence-corrected chi connectivity index (χ4v) is 4.48. The van der Waals surface area contributed by atoms with E-state index < -0.39 is 0 Å². The Morgan fingerprint density at radius 2 is 2.11 bits per heavy atom. The molecule has 6 heteroatoms. The molecule has 102 valence electrons. The van der Waals surface area contributed by atoms with Gasteiger partial charge in [-0.2, -0.15) is 16.7 Å². The molecule has 1 aliphatic heterocycles. The van der Waals surface area contributed by atoms with Crippen molar-refractivity contribution in [3.8, 4) is 0 Å². The Labute approximate surface area is 117 Å². The Bertz CT molecular complexity index is 408. The second-order valence-electron chi connectivity index (χ2n) is 5.41. The van der Waals surface area contributed by atoms with Crippen LogP contribution in [0.5, 0.6) is 0 Å². The van der Waals surface area contributed by atoms with Crippen molar-refractivity contribution in [1.82, 2.24) is 10.1 Å². The van der Waals surface area contributed by atoms with E-state index in [1.54, 1.807) is 0 Å². The van der Waals surface area contributed by atoms with Gasteiger partial charge in [0.15, 0.2) is 5.82 Å². The van der Waals surface area contributed by atoms with Crippen LogP contribution in [0.2, 0.25) is 0 Å². The molecule has 0 saturated carbocycles. The monoisotopic (exact) mass is 287 g/mol. The van der Waals surface area contributed by atoms with E-state index in [0.717, 1.165) is 11.6 Å². The largest absolute Gasteiger partial charge is 0.339 e. The third-order valence-electron chi connectivity index (χ3n) is 3.37. The van der Waals surface area contributed by atoms with Gasteiger partial charge < -0.3 is 10.3 Å². The lowest BCUT2D eigenvalue weighted by Crippen LogP contribution is -2.28. The smallest absolute Gasteiger partial charge is 0.233 e. The maximum Gasteiger partial charge on any atom is 0.233 e. The quantitative estimate of drug-likeness (QED) is 0.922. The van der Waals surface area contributed by atoms with Crippen LogP contribution in [0.25, 0.3) is 0 Å². The molecule has 3 atom stereocenters. The minimum absolute atomic E-state index is 0.239. The number of hydrogen-bond acceptors (Lipinski definition) is 6. The van der Waals surface area contributed by atoms with E-state index in [4.69, 9.17) is 10.3 Å². The van der Waals surface area contributed by atoms with Crippen LogP contribution in [-0.2, 0) is 5.41 Å². The number of hydrogen-bond donors (Lipinski definition) is 1. The lowest BCUT2D eigenvalue weighted by Gasteiger charge is -2.29. The molecule has 3 unspecified atom stereocenters. The molecule has 1 aliphatic rings. The molecule has 2 N–H and O–H groups in total. The summed E-state index contributed by atoms with van der Waals surface area (Å²) in [6.45, 7) is 9.10. The third-order valence-corrected chi connectivity index (χ3v) is 6.76. The van der Waals surface area contributed by atoms with E-state index in [9.17, 15) is 0 Å². The summed E-state index contributed by atoms with van der Waals surface area (Å²) in [5.41, 5.74) is 5.49. The Hall–Kier alpha value is -0.200. The van der Waals surface area contributed by atoms with Gasteiger partial charge in [0, 0.05) is 22.8 Å². The number of thioether (sulfide) groups is 2. The second kappa shape index (κ2) is 5.43. The van der Waals surface area contributed by atoms with E-state index in [1.807, 2.05) is 37.4 Å². The molecule has 2 rings (SSSR count). The summed E-state index contributed by atoms with van der Waals surface area (Å²) in [4.78, 5) is 4.54. The van der Waals surface area contributed by atoms with Crippen LogP contribution < -0.4 is 5.73 Å². The summed E-state index contributed by atoms with van der Waals surface area (Å²) in [7, 11) is 0. The van der Waals surface area contributed by atoms with Crippen LogP contribution in [0, 0.1) is 0 Å². The molecule has 4 nitrogen and oxygen atoms in total. The zero-order chi connectivity index (χ0) is 13.3. The van der Waals surface area contributed by atoms with Gasteiger partial charge in [0.05, 0.1) is 10.7 Å². The Morgan fingerprint density at radius 3 is 2.72 bits per heavy atom. The predicted octanol–water partition coefficient (Wildman–Crippen LogP) is 2.60. The molecule has 0 bridgehead atoms. The molecule has 1 saturated heterocycles. The van der Waals surface area contributed by atoms with Crippen LogP contribution in [0.1, 0.15) is 44.7 Å². The topological polar surface area (TPSA) is 64.9 Å². The van der Waals surface area contributed by atoms with Crippen molar-refractivity contribution in [2.75, 3.05) is 12.3 Å². The summed E-state index contributed by atoms with van der Waals surface area (Å²) in [5, 5.41) is 5.79. The first-order valence-electron chi connectivity index (χ1n) is 6.25. The van der Waals surface area contributed by atoms with E-state index in [-0.39, 0.29) is 5.41 Å². The van der Waals surface area contributed by atoms with Gasteiger partial charge in [0.25, 0.3) is 0 Å². The molecule has 18 heavy (non-hydrogen) atoms. The highest BCUT2D eigenvalue weighted by atomic mass is 32.2. The van der Waals surface area contributed by atoms with E-state index in [0.29, 0.717) is 28.2 Å². The Kier molecular flexibility index (Phi) is 4.29. The van der Waals surface area contributed by atoms with Crippen LogP contribution in [-0.4, -0.2) is 32.9 Å². The SMILES string of the molecule is CC1SCC(c2noc(C(C)(C)CN)n2)SC1C. The molecule has 0 aromatic carbocycles. The van der Waals surface area contributed by atoms with Crippen molar-refractivity contribution < 1.29 is 4.52 Å². The summed E-state index contributed by atoms with van der Waals surface area (Å²) in [5.74, 6) is 2.53. The zero-order valence-electron chi connectivity index (χ0n) is 11.3. The fourth-order valence-electron chi connectivity index (χ4n) is 1.65. The highest BCUT2D eigenvalue weighted by Crippen LogP contribution is 2.43. The van der Waals surface area contributed by atoms with Gasteiger partial charge >= 0.3 is 0 Å². The van der Waals surface area contributed by atoms with Crippen molar-refractivity contribution in [3.63, 3.8) is 0 Å². The standard InChI is InChI=1S/C12H21N3OS2/c1-7-8(2)18-9(5-17-7)10-14-11(16-15-10)12(3,4)6-13/h7-9H,5-6,13H2,1-4H3. The van der Waals surface area contributed by atoms with Crippen molar-refractivity contribution >= 4 is 23.5 Å². The molecule has 1 aromatic rings. The van der Waals surface area contributed by atoms with Crippen LogP contribution in [0.4, 0.5) is 0 Å². The molecular weight excluding hydrogens is 266 g/mol. The predicted molar refractivity (Wildman–Crippen MR) is 78.1 cm³/mol. The molecule has 0 aliphatic carbocycles. The van der Waals surface area contributed by atoms with Crippen molar-refractivity contribution in [2.24, 2.45) is 5.73 Å². The number of aromatic nitrogens is 2. The normalized spacial score (nSPS) is 29.5. The molecule has 0 amide bonds. The zero-order valence-corrected chi connectivity index (χ0v) is 13.0. The number of rotatable bonds is 3. The van der Waals surface area contributed by atoms with Gasteiger partial charge in [-0.25, -0.2) is 0 Å². The average Bonchev–Trinajstić information content (AvgIpc) is 2.83. The fraction of sp³-hybridized carbons (Fsp3) is 0.833. The van der Waals surface area contributed by atoms with Gasteiger partial charge in [0.1, 0.15) is 0 Å². The summed E-state index contributed by atoms with van der Waals surface area (Å²) >= 11 is 3.93. The first-order valence-corrected chi connectivity index (χ1v) is 8.24. The van der Waals surface area contributed by atoms with Crippen molar-refractivity contribution in [2.45, 2.75) is 48.9 Å². The second-order valence-corrected chi connectivity index (χ2v) is 8.41. The maximum atomic E-state index is 5.73. The minimum Gasteiger partial charge on any atom is -0.339 e. The number of nitrogens with zero attached hydrogens (tertiary/aromatic N) is 2. The van der Waals surface area contributed by atoms with Crippen LogP contribution >= 0.6 is 23.5 Å². The number of nitrogens with two attached hydrogens (primary N) is 1. The highest BCUT2D eigenvalue weighted by molar-refractivity contribution is 8.07.